The molecule has 1 saturated heterocycles. The Hall–Kier alpha value is -1.23. The average molecular weight is 383 g/mol. The summed E-state index contributed by atoms with van der Waals surface area (Å²) in [6.07, 6.45) is -4.56. The van der Waals surface area contributed by atoms with E-state index in [0.29, 0.717) is 13.1 Å². The molecule has 10 heteroatoms. The second-order valence-electron chi connectivity index (χ2n) is 6.07. The Morgan fingerprint density at radius 1 is 1.20 bits per heavy atom. The topological polar surface area (TPSA) is 61.4 Å². The van der Waals surface area contributed by atoms with Crippen LogP contribution in [0.15, 0.2) is 17.0 Å². The summed E-state index contributed by atoms with van der Waals surface area (Å²) in [7, 11) is -4.18. The van der Waals surface area contributed by atoms with Crippen LogP contribution in [0.5, 0.6) is 0 Å². The normalized spacial score (nSPS) is 18.3. The van der Waals surface area contributed by atoms with E-state index in [9.17, 15) is 26.0 Å². The number of alkyl halides is 3. The Kier molecular flexibility index (Phi) is 6.08. The number of hydrogen-bond acceptors (Lipinski definition) is 4. The third-order valence-electron chi connectivity index (χ3n) is 4.16. The number of rotatable bonds is 5. The number of aryl methyl sites for hydroxylation is 2. The van der Waals surface area contributed by atoms with Gasteiger partial charge in [-0.3, -0.25) is 4.90 Å². The third kappa shape index (κ3) is 4.90. The Morgan fingerprint density at radius 3 is 2.20 bits per heavy atom. The van der Waals surface area contributed by atoms with Gasteiger partial charge in [-0.2, -0.15) is 13.2 Å². The average Bonchev–Trinajstić information content (AvgIpc) is 2.52. The molecule has 1 aliphatic rings. The molecule has 2 N–H and O–H groups in total. The van der Waals surface area contributed by atoms with E-state index < -0.39 is 34.6 Å². The summed E-state index contributed by atoms with van der Waals surface area (Å²) >= 11 is 0. The van der Waals surface area contributed by atoms with Crippen LogP contribution in [0, 0.1) is 19.7 Å². The van der Waals surface area contributed by atoms with E-state index >= 15 is 0 Å². The van der Waals surface area contributed by atoms with Crippen molar-refractivity contribution in [3.8, 4) is 0 Å². The van der Waals surface area contributed by atoms with Gasteiger partial charge in [-0.25, -0.2) is 17.5 Å². The maximum absolute atomic E-state index is 13.6. The number of benzene rings is 1. The highest BCUT2D eigenvalue weighted by molar-refractivity contribution is 7.89. The molecule has 0 aliphatic carbocycles. The van der Waals surface area contributed by atoms with Crippen LogP contribution in [0.3, 0.4) is 0 Å². The first-order valence-electron chi connectivity index (χ1n) is 7.80. The lowest BCUT2D eigenvalue weighted by atomic mass is 10.1. The SMILES string of the molecule is Cc1cc(S(=O)(=O)NCC(N2CCNCC2)C(F)(F)F)cc(C)c1F. The number of hydrogen-bond donors (Lipinski definition) is 2. The molecule has 0 spiro atoms. The van der Waals surface area contributed by atoms with Crippen molar-refractivity contribution in [2.45, 2.75) is 31.0 Å². The summed E-state index contributed by atoms with van der Waals surface area (Å²) in [5.74, 6) is -0.534. The van der Waals surface area contributed by atoms with Crippen molar-refractivity contribution >= 4 is 10.0 Å². The van der Waals surface area contributed by atoms with Gasteiger partial charge in [0.05, 0.1) is 4.90 Å². The number of nitrogens with zero attached hydrogens (tertiary/aromatic N) is 1. The van der Waals surface area contributed by atoms with Gasteiger partial charge in [-0.1, -0.05) is 0 Å². The molecule has 1 aromatic carbocycles. The zero-order chi connectivity index (χ0) is 18.8. The number of halogens is 4. The maximum atomic E-state index is 13.6. The number of nitrogens with one attached hydrogen (secondary N) is 2. The monoisotopic (exact) mass is 383 g/mol. The van der Waals surface area contributed by atoms with Crippen LogP contribution in [0.1, 0.15) is 11.1 Å². The van der Waals surface area contributed by atoms with Gasteiger partial charge in [0, 0.05) is 32.7 Å². The first-order valence-corrected chi connectivity index (χ1v) is 9.28. The lowest BCUT2D eigenvalue weighted by molar-refractivity contribution is -0.182. The Bertz CT molecular complexity index is 693. The molecule has 1 aliphatic heterocycles. The standard InChI is InChI=1S/C15H21F4N3O2S/c1-10-7-12(8-11(2)14(10)16)25(23,24)21-9-13(15(17,18)19)22-5-3-20-4-6-22/h7-8,13,20-21H,3-6,9H2,1-2H3. The van der Waals surface area contributed by atoms with Crippen molar-refractivity contribution in [2.24, 2.45) is 0 Å². The fraction of sp³-hybridized carbons (Fsp3) is 0.600. The van der Waals surface area contributed by atoms with Gasteiger partial charge in [-0.15, -0.1) is 0 Å². The molecule has 0 radical (unpaired) electrons. The Morgan fingerprint density at radius 2 is 1.72 bits per heavy atom. The fourth-order valence-corrected chi connectivity index (χ4v) is 3.99. The van der Waals surface area contributed by atoms with Crippen molar-refractivity contribution < 1.29 is 26.0 Å². The fourth-order valence-electron chi connectivity index (χ4n) is 2.78. The number of piperazine rings is 1. The van der Waals surface area contributed by atoms with Gasteiger partial charge in [0.25, 0.3) is 0 Å². The lowest BCUT2D eigenvalue weighted by Crippen LogP contribution is -2.57. The predicted molar refractivity (Wildman–Crippen MR) is 85.3 cm³/mol. The van der Waals surface area contributed by atoms with Crippen LogP contribution >= 0.6 is 0 Å². The molecule has 1 unspecified atom stereocenters. The summed E-state index contributed by atoms with van der Waals surface area (Å²) < 4.78 is 80.3. The van der Waals surface area contributed by atoms with Gasteiger partial charge in [0.2, 0.25) is 10.0 Å². The summed E-state index contributed by atoms with van der Waals surface area (Å²) in [4.78, 5) is 0.963. The van der Waals surface area contributed by atoms with E-state index in [4.69, 9.17) is 0 Å². The molecule has 1 atom stereocenters. The molecule has 0 bridgehead atoms. The minimum Gasteiger partial charge on any atom is -0.314 e. The predicted octanol–water partition coefficient (Wildman–Crippen LogP) is 1.56. The van der Waals surface area contributed by atoms with Crippen molar-refractivity contribution in [1.29, 1.82) is 0 Å². The minimum absolute atomic E-state index is 0.120. The van der Waals surface area contributed by atoms with Crippen LogP contribution in [0.25, 0.3) is 0 Å². The van der Waals surface area contributed by atoms with Gasteiger partial charge in [0.1, 0.15) is 11.9 Å². The van der Waals surface area contributed by atoms with Crippen LogP contribution in [0.4, 0.5) is 17.6 Å². The molecule has 25 heavy (non-hydrogen) atoms. The molecule has 1 aromatic rings. The van der Waals surface area contributed by atoms with Gasteiger partial charge >= 0.3 is 6.18 Å². The zero-order valence-corrected chi connectivity index (χ0v) is 14.8. The Labute approximate surface area is 144 Å². The van der Waals surface area contributed by atoms with Crippen LogP contribution in [0.2, 0.25) is 0 Å². The molecule has 142 valence electrons. The molecule has 0 aromatic heterocycles. The smallest absolute Gasteiger partial charge is 0.314 e. The van der Waals surface area contributed by atoms with Crippen molar-refractivity contribution in [1.82, 2.24) is 14.9 Å². The second kappa shape index (κ2) is 7.56. The molecule has 1 fully saturated rings. The molecule has 1 heterocycles. The largest absolute Gasteiger partial charge is 0.405 e. The van der Waals surface area contributed by atoms with Gasteiger partial charge in [0.15, 0.2) is 0 Å². The summed E-state index contributed by atoms with van der Waals surface area (Å²) in [6.45, 7) is 3.20. The van der Waals surface area contributed by atoms with E-state index in [1.54, 1.807) is 0 Å². The molecule has 5 nitrogen and oxygen atoms in total. The quantitative estimate of drug-likeness (QED) is 0.758. The lowest BCUT2D eigenvalue weighted by Gasteiger charge is -2.35. The molecule has 0 amide bonds. The maximum Gasteiger partial charge on any atom is 0.405 e. The summed E-state index contributed by atoms with van der Waals surface area (Å²) in [6, 6.07) is 0.308. The van der Waals surface area contributed by atoms with Crippen molar-refractivity contribution in [3.63, 3.8) is 0 Å². The van der Waals surface area contributed by atoms with E-state index in [1.165, 1.54) is 18.7 Å². The van der Waals surface area contributed by atoms with E-state index in [0.717, 1.165) is 12.1 Å². The van der Waals surface area contributed by atoms with E-state index in [2.05, 4.69) is 5.32 Å². The first-order chi connectivity index (χ1) is 11.5. The second-order valence-corrected chi connectivity index (χ2v) is 7.83. The van der Waals surface area contributed by atoms with Crippen LogP contribution in [-0.4, -0.2) is 58.3 Å². The number of sulfonamides is 1. The van der Waals surface area contributed by atoms with Crippen LogP contribution < -0.4 is 10.0 Å². The molecule has 2 rings (SSSR count). The zero-order valence-electron chi connectivity index (χ0n) is 14.0. The Balaban J connectivity index is 2.18. The molecule has 0 saturated carbocycles. The van der Waals surface area contributed by atoms with E-state index in [1.807, 2.05) is 4.72 Å². The summed E-state index contributed by atoms with van der Waals surface area (Å²) in [5, 5.41) is 2.95. The summed E-state index contributed by atoms with van der Waals surface area (Å²) in [5.41, 5.74) is 0.240. The van der Waals surface area contributed by atoms with Crippen molar-refractivity contribution in [3.05, 3.63) is 29.1 Å². The highest BCUT2D eigenvalue weighted by Gasteiger charge is 2.44. The van der Waals surface area contributed by atoms with Gasteiger partial charge in [-0.05, 0) is 37.1 Å². The van der Waals surface area contributed by atoms with Crippen molar-refractivity contribution in [2.75, 3.05) is 32.7 Å². The molecular weight excluding hydrogens is 362 g/mol. The third-order valence-corrected chi connectivity index (χ3v) is 5.56. The first kappa shape index (κ1) is 20.1. The highest BCUT2D eigenvalue weighted by Crippen LogP contribution is 2.25. The molecular formula is C15H21F4N3O2S. The minimum atomic E-state index is -4.56. The van der Waals surface area contributed by atoms with Gasteiger partial charge < -0.3 is 5.32 Å². The van der Waals surface area contributed by atoms with E-state index in [-0.39, 0.29) is 29.1 Å². The highest BCUT2D eigenvalue weighted by atomic mass is 32.2. The van der Waals surface area contributed by atoms with Crippen LogP contribution in [-0.2, 0) is 10.0 Å².